The van der Waals surface area contributed by atoms with Gasteiger partial charge >= 0.3 is 6.18 Å². The molecule has 0 atom stereocenters. The molecule has 0 spiro atoms. The molecule has 1 amide bonds. The van der Waals surface area contributed by atoms with E-state index >= 15 is 0 Å². The summed E-state index contributed by atoms with van der Waals surface area (Å²) in [4.78, 5) is 12.6. The molecule has 1 aromatic heterocycles. The van der Waals surface area contributed by atoms with E-state index in [2.05, 4.69) is 10.4 Å². The van der Waals surface area contributed by atoms with Crippen LogP contribution in [0.1, 0.15) is 32.7 Å². The minimum Gasteiger partial charge on any atom is -0.322 e. The fraction of sp³-hybridized carbons (Fsp3) is 0.200. The lowest BCUT2D eigenvalue weighted by molar-refractivity contribution is -0.137. The van der Waals surface area contributed by atoms with Crippen LogP contribution in [0.3, 0.4) is 0 Å². The molecule has 0 saturated heterocycles. The number of amides is 1. The number of hydrogen-bond donors (Lipinski definition) is 1. The molecule has 0 aliphatic carbocycles. The zero-order chi connectivity index (χ0) is 19.8. The quantitative estimate of drug-likeness (QED) is 0.697. The summed E-state index contributed by atoms with van der Waals surface area (Å²) in [5, 5.41) is 6.94. The van der Waals surface area contributed by atoms with Crippen molar-refractivity contribution >= 4 is 11.6 Å². The van der Waals surface area contributed by atoms with Gasteiger partial charge in [0.1, 0.15) is 0 Å². The monoisotopic (exact) mass is 373 g/mol. The topological polar surface area (TPSA) is 46.9 Å². The lowest BCUT2D eigenvalue weighted by atomic mass is 10.1. The van der Waals surface area contributed by atoms with Gasteiger partial charge in [-0.25, -0.2) is 4.68 Å². The number of nitrogens with one attached hydrogen (secondary N) is 1. The molecule has 140 valence electrons. The van der Waals surface area contributed by atoms with Crippen LogP contribution in [0.5, 0.6) is 0 Å². The maximum Gasteiger partial charge on any atom is 0.416 e. The van der Waals surface area contributed by atoms with Gasteiger partial charge in [0.2, 0.25) is 0 Å². The van der Waals surface area contributed by atoms with Crippen molar-refractivity contribution in [3.05, 3.63) is 76.6 Å². The van der Waals surface area contributed by atoms with Gasteiger partial charge in [-0.3, -0.25) is 4.79 Å². The van der Waals surface area contributed by atoms with Gasteiger partial charge in [-0.2, -0.15) is 18.3 Å². The van der Waals surface area contributed by atoms with Crippen molar-refractivity contribution in [3.8, 4) is 5.69 Å². The number of anilines is 1. The second kappa shape index (κ2) is 6.90. The third kappa shape index (κ3) is 3.86. The summed E-state index contributed by atoms with van der Waals surface area (Å²) in [6.07, 6.45) is -3.09. The average Bonchev–Trinajstić information content (AvgIpc) is 2.99. The highest BCUT2D eigenvalue weighted by Crippen LogP contribution is 2.30. The number of carbonyl (C=O) groups is 1. The van der Waals surface area contributed by atoms with Crippen LogP contribution in [0, 0.1) is 20.8 Å². The van der Waals surface area contributed by atoms with Gasteiger partial charge in [-0.15, -0.1) is 0 Å². The summed E-state index contributed by atoms with van der Waals surface area (Å²) in [5.74, 6) is -0.362. The highest BCUT2D eigenvalue weighted by molar-refractivity contribution is 6.05. The summed E-state index contributed by atoms with van der Waals surface area (Å²) in [6.45, 7) is 5.45. The Morgan fingerprint density at radius 3 is 2.52 bits per heavy atom. The van der Waals surface area contributed by atoms with Crippen LogP contribution in [0.15, 0.2) is 48.7 Å². The Morgan fingerprint density at radius 1 is 1.07 bits per heavy atom. The number of aromatic nitrogens is 2. The summed E-state index contributed by atoms with van der Waals surface area (Å²) in [7, 11) is 0. The van der Waals surface area contributed by atoms with Crippen LogP contribution in [-0.4, -0.2) is 15.7 Å². The van der Waals surface area contributed by atoms with Gasteiger partial charge in [-0.05, 0) is 56.2 Å². The van der Waals surface area contributed by atoms with Crippen molar-refractivity contribution < 1.29 is 18.0 Å². The van der Waals surface area contributed by atoms with Crippen LogP contribution < -0.4 is 5.32 Å². The number of carbonyl (C=O) groups excluding carboxylic acids is 1. The molecule has 0 aliphatic rings. The molecule has 0 saturated carbocycles. The van der Waals surface area contributed by atoms with Crippen LogP contribution in [0.25, 0.3) is 5.69 Å². The molecule has 27 heavy (non-hydrogen) atoms. The Bertz CT molecular complexity index is 1010. The van der Waals surface area contributed by atoms with Crippen molar-refractivity contribution in [2.45, 2.75) is 26.9 Å². The molecule has 3 aromatic rings. The molecule has 2 aromatic carbocycles. The fourth-order valence-corrected chi connectivity index (χ4v) is 2.77. The Kier molecular flexibility index (Phi) is 4.78. The number of benzene rings is 2. The van der Waals surface area contributed by atoms with E-state index in [0.29, 0.717) is 16.9 Å². The molecule has 3 rings (SSSR count). The van der Waals surface area contributed by atoms with Crippen LogP contribution in [0.4, 0.5) is 18.9 Å². The second-order valence-electron chi connectivity index (χ2n) is 6.38. The van der Waals surface area contributed by atoms with Gasteiger partial charge in [0.25, 0.3) is 5.91 Å². The maximum atomic E-state index is 12.9. The average molecular weight is 373 g/mol. The zero-order valence-corrected chi connectivity index (χ0v) is 15.1. The van der Waals surface area contributed by atoms with Crippen LogP contribution >= 0.6 is 0 Å². The second-order valence-corrected chi connectivity index (χ2v) is 6.38. The van der Waals surface area contributed by atoms with Crippen molar-refractivity contribution in [1.82, 2.24) is 9.78 Å². The summed E-state index contributed by atoms with van der Waals surface area (Å²) in [5.41, 5.74) is 2.84. The Morgan fingerprint density at radius 2 is 1.81 bits per heavy atom. The maximum absolute atomic E-state index is 12.9. The Hall–Kier alpha value is -3.09. The molecule has 0 aliphatic heterocycles. The molecular formula is C20H18F3N3O. The molecule has 1 heterocycles. The number of hydrogen-bond acceptors (Lipinski definition) is 2. The van der Waals surface area contributed by atoms with Crippen molar-refractivity contribution in [2.75, 3.05) is 5.32 Å². The minimum absolute atomic E-state index is 0.244. The van der Waals surface area contributed by atoms with Crippen molar-refractivity contribution in [1.29, 1.82) is 0 Å². The zero-order valence-electron chi connectivity index (χ0n) is 15.1. The molecule has 0 unspecified atom stereocenters. The summed E-state index contributed by atoms with van der Waals surface area (Å²) < 4.78 is 40.1. The van der Waals surface area contributed by atoms with E-state index in [1.54, 1.807) is 6.92 Å². The van der Waals surface area contributed by atoms with Gasteiger partial charge in [0.05, 0.1) is 28.7 Å². The van der Waals surface area contributed by atoms with E-state index in [1.165, 1.54) is 23.0 Å². The number of alkyl halides is 3. The van der Waals surface area contributed by atoms with E-state index in [0.717, 1.165) is 23.3 Å². The first kappa shape index (κ1) is 18.7. The lowest BCUT2D eigenvalue weighted by Gasteiger charge is -2.11. The van der Waals surface area contributed by atoms with Crippen molar-refractivity contribution in [3.63, 3.8) is 0 Å². The first-order valence-corrected chi connectivity index (χ1v) is 8.27. The normalized spacial score (nSPS) is 11.5. The van der Waals surface area contributed by atoms with Crippen LogP contribution in [-0.2, 0) is 6.18 Å². The standard InChI is InChI=1S/C20H18F3N3O/c1-12-7-8-13(2)18(9-12)25-19(27)17-11-24-26(14(17)3)16-6-4-5-15(10-16)20(21,22)23/h4-11H,1-3H3,(H,25,27). The first-order chi connectivity index (χ1) is 12.7. The number of rotatable bonds is 3. The van der Waals surface area contributed by atoms with E-state index in [-0.39, 0.29) is 11.6 Å². The predicted molar refractivity (Wildman–Crippen MR) is 97.2 cm³/mol. The molecule has 0 fully saturated rings. The lowest BCUT2D eigenvalue weighted by Crippen LogP contribution is -2.14. The molecule has 0 radical (unpaired) electrons. The molecular weight excluding hydrogens is 355 g/mol. The molecule has 4 nitrogen and oxygen atoms in total. The van der Waals surface area contributed by atoms with E-state index < -0.39 is 11.7 Å². The van der Waals surface area contributed by atoms with E-state index in [9.17, 15) is 18.0 Å². The van der Waals surface area contributed by atoms with Gasteiger partial charge in [0.15, 0.2) is 0 Å². The summed E-state index contributed by atoms with van der Waals surface area (Å²) >= 11 is 0. The van der Waals surface area contributed by atoms with Gasteiger partial charge < -0.3 is 5.32 Å². The molecule has 0 bridgehead atoms. The predicted octanol–water partition coefficient (Wildman–Crippen LogP) is 5.07. The van der Waals surface area contributed by atoms with E-state index in [4.69, 9.17) is 0 Å². The van der Waals surface area contributed by atoms with Gasteiger partial charge in [0, 0.05) is 5.69 Å². The van der Waals surface area contributed by atoms with E-state index in [1.807, 2.05) is 32.0 Å². The number of nitrogens with zero attached hydrogens (tertiary/aromatic N) is 2. The summed E-state index contributed by atoms with van der Waals surface area (Å²) in [6, 6.07) is 10.5. The van der Waals surface area contributed by atoms with Gasteiger partial charge in [-0.1, -0.05) is 18.2 Å². The number of halogens is 3. The SMILES string of the molecule is Cc1ccc(C)c(NC(=O)c2cnn(-c3cccc(C(F)(F)F)c3)c2C)c1. The fourth-order valence-electron chi connectivity index (χ4n) is 2.77. The number of aryl methyl sites for hydroxylation is 2. The highest BCUT2D eigenvalue weighted by atomic mass is 19.4. The van der Waals surface area contributed by atoms with Crippen LogP contribution in [0.2, 0.25) is 0 Å². The highest BCUT2D eigenvalue weighted by Gasteiger charge is 2.30. The largest absolute Gasteiger partial charge is 0.416 e. The molecule has 7 heteroatoms. The Balaban J connectivity index is 1.91. The van der Waals surface area contributed by atoms with Crippen molar-refractivity contribution in [2.24, 2.45) is 0 Å². The third-order valence-corrected chi connectivity index (χ3v) is 4.31. The first-order valence-electron chi connectivity index (χ1n) is 8.27. The Labute approximate surface area is 154 Å². The molecule has 1 N–H and O–H groups in total. The smallest absolute Gasteiger partial charge is 0.322 e. The third-order valence-electron chi connectivity index (χ3n) is 4.31. The minimum atomic E-state index is -4.44.